The molecule has 0 saturated carbocycles. The fraction of sp³-hybridized carbons (Fsp3) is 0.250. The quantitative estimate of drug-likeness (QED) is 0.814. The minimum absolute atomic E-state index is 0.00679. The number of benzene rings is 2. The zero-order chi connectivity index (χ0) is 16.2. The fourth-order valence-electron chi connectivity index (χ4n) is 2.09. The summed E-state index contributed by atoms with van der Waals surface area (Å²) < 4.78 is 38.8. The molecule has 2 aromatic rings. The van der Waals surface area contributed by atoms with Crippen LogP contribution < -0.4 is 4.72 Å². The van der Waals surface area contributed by atoms with Gasteiger partial charge in [-0.2, -0.15) is 0 Å². The van der Waals surface area contributed by atoms with Crippen molar-refractivity contribution in [3.8, 4) is 11.1 Å². The van der Waals surface area contributed by atoms with Gasteiger partial charge in [0.2, 0.25) is 10.0 Å². The lowest BCUT2D eigenvalue weighted by molar-refractivity contribution is 0.579. The largest absolute Gasteiger partial charge is 0.225 e. The summed E-state index contributed by atoms with van der Waals surface area (Å²) in [7, 11) is -3.41. The molecule has 0 bridgehead atoms. The normalized spacial score (nSPS) is 13.0. The molecule has 1 unspecified atom stereocenters. The number of alkyl halides is 1. The topological polar surface area (TPSA) is 46.2 Å². The lowest BCUT2D eigenvalue weighted by Crippen LogP contribution is -2.28. The summed E-state index contributed by atoms with van der Waals surface area (Å²) in [6.07, 6.45) is 0. The van der Waals surface area contributed by atoms with Crippen molar-refractivity contribution in [1.29, 1.82) is 0 Å². The Bertz CT molecular complexity index is 732. The lowest BCUT2D eigenvalue weighted by Gasteiger charge is -2.13. The standard InChI is InChI=1S/C16H17ClFNO2S/c1-12(10-19-22(20,21)11-17)13-6-8-14(9-7-13)15-4-2-3-5-16(15)18/h2-9,12,19H,10-11H2,1H3. The van der Waals surface area contributed by atoms with Gasteiger partial charge in [0.15, 0.2) is 0 Å². The van der Waals surface area contributed by atoms with Crippen LogP contribution in [0.3, 0.4) is 0 Å². The molecular formula is C16H17ClFNO2S. The summed E-state index contributed by atoms with van der Waals surface area (Å²) in [4.78, 5) is 0. The molecule has 118 valence electrons. The highest BCUT2D eigenvalue weighted by Crippen LogP contribution is 2.24. The van der Waals surface area contributed by atoms with Crippen molar-refractivity contribution in [3.63, 3.8) is 0 Å². The van der Waals surface area contributed by atoms with E-state index in [1.54, 1.807) is 18.2 Å². The van der Waals surface area contributed by atoms with Gasteiger partial charge in [-0.3, -0.25) is 0 Å². The van der Waals surface area contributed by atoms with E-state index in [-0.39, 0.29) is 18.3 Å². The molecule has 0 spiro atoms. The summed E-state index contributed by atoms with van der Waals surface area (Å²) in [6.45, 7) is 2.18. The van der Waals surface area contributed by atoms with Gasteiger partial charge in [0, 0.05) is 12.1 Å². The van der Waals surface area contributed by atoms with Gasteiger partial charge >= 0.3 is 0 Å². The number of hydrogen-bond acceptors (Lipinski definition) is 2. The van der Waals surface area contributed by atoms with Crippen molar-refractivity contribution >= 4 is 21.6 Å². The third-order valence-corrected chi connectivity index (χ3v) is 5.17. The maximum absolute atomic E-state index is 13.7. The van der Waals surface area contributed by atoms with E-state index in [1.165, 1.54) is 6.07 Å². The molecule has 0 heterocycles. The Morgan fingerprint density at radius 2 is 1.77 bits per heavy atom. The first-order valence-electron chi connectivity index (χ1n) is 6.81. The summed E-state index contributed by atoms with van der Waals surface area (Å²) in [5, 5.41) is -0.452. The fourth-order valence-corrected chi connectivity index (χ4v) is 2.91. The molecule has 0 aliphatic rings. The smallest absolute Gasteiger partial charge is 0.214 e. The zero-order valence-corrected chi connectivity index (χ0v) is 13.7. The van der Waals surface area contributed by atoms with Crippen molar-refractivity contribution in [2.24, 2.45) is 0 Å². The molecule has 0 amide bonds. The van der Waals surface area contributed by atoms with E-state index >= 15 is 0 Å². The second-order valence-electron chi connectivity index (χ2n) is 5.08. The maximum Gasteiger partial charge on any atom is 0.225 e. The number of sulfonamides is 1. The van der Waals surface area contributed by atoms with Crippen molar-refractivity contribution < 1.29 is 12.8 Å². The molecule has 2 aromatic carbocycles. The van der Waals surface area contributed by atoms with Crippen molar-refractivity contribution in [2.75, 3.05) is 11.8 Å². The van der Waals surface area contributed by atoms with E-state index in [4.69, 9.17) is 11.6 Å². The first-order chi connectivity index (χ1) is 10.4. The van der Waals surface area contributed by atoms with Crippen LogP contribution in [0.15, 0.2) is 48.5 Å². The van der Waals surface area contributed by atoms with Crippen LogP contribution in [0.4, 0.5) is 4.39 Å². The Hall–Kier alpha value is -1.43. The van der Waals surface area contributed by atoms with E-state index in [2.05, 4.69) is 4.72 Å². The predicted octanol–water partition coefficient (Wildman–Crippen LogP) is 3.71. The molecule has 1 atom stereocenters. The summed E-state index contributed by atoms with van der Waals surface area (Å²) >= 11 is 5.34. The van der Waals surface area contributed by atoms with Crippen LogP contribution in [0.2, 0.25) is 0 Å². The lowest BCUT2D eigenvalue weighted by atomic mass is 9.97. The molecule has 0 aliphatic heterocycles. The van der Waals surface area contributed by atoms with Gasteiger partial charge in [-0.05, 0) is 23.1 Å². The number of rotatable bonds is 6. The van der Waals surface area contributed by atoms with Crippen LogP contribution in [0.5, 0.6) is 0 Å². The van der Waals surface area contributed by atoms with Gasteiger partial charge in [-0.1, -0.05) is 49.4 Å². The van der Waals surface area contributed by atoms with Gasteiger partial charge in [-0.25, -0.2) is 17.5 Å². The highest BCUT2D eigenvalue weighted by molar-refractivity contribution is 7.90. The monoisotopic (exact) mass is 341 g/mol. The van der Waals surface area contributed by atoms with Gasteiger partial charge in [0.1, 0.15) is 11.0 Å². The van der Waals surface area contributed by atoms with Gasteiger partial charge < -0.3 is 0 Å². The first kappa shape index (κ1) is 16.9. The third-order valence-electron chi connectivity index (χ3n) is 3.42. The van der Waals surface area contributed by atoms with Crippen LogP contribution >= 0.6 is 11.6 Å². The van der Waals surface area contributed by atoms with E-state index in [0.29, 0.717) is 5.56 Å². The zero-order valence-electron chi connectivity index (χ0n) is 12.1. The van der Waals surface area contributed by atoms with Crippen LogP contribution in [-0.2, 0) is 10.0 Å². The second-order valence-corrected chi connectivity index (χ2v) is 7.47. The highest BCUT2D eigenvalue weighted by Gasteiger charge is 2.12. The summed E-state index contributed by atoms with van der Waals surface area (Å²) in [5.74, 6) is -0.272. The molecule has 0 aliphatic carbocycles. The number of nitrogens with one attached hydrogen (secondary N) is 1. The maximum atomic E-state index is 13.7. The summed E-state index contributed by atoms with van der Waals surface area (Å²) in [6, 6.07) is 14.0. The van der Waals surface area contributed by atoms with E-state index in [0.717, 1.165) is 11.1 Å². The molecule has 2 rings (SSSR count). The molecule has 1 N–H and O–H groups in total. The molecule has 0 aromatic heterocycles. The van der Waals surface area contributed by atoms with Crippen LogP contribution in [0.25, 0.3) is 11.1 Å². The Kier molecular flexibility index (Phi) is 5.56. The molecule has 3 nitrogen and oxygen atoms in total. The minimum atomic E-state index is -3.41. The molecular weight excluding hydrogens is 325 g/mol. The van der Waals surface area contributed by atoms with Crippen molar-refractivity contribution in [1.82, 2.24) is 4.72 Å². The van der Waals surface area contributed by atoms with Gasteiger partial charge in [-0.15, -0.1) is 11.6 Å². The van der Waals surface area contributed by atoms with Crippen LogP contribution in [0, 0.1) is 5.82 Å². The molecule has 0 fully saturated rings. The van der Waals surface area contributed by atoms with Gasteiger partial charge in [0.05, 0.1) is 0 Å². The minimum Gasteiger partial charge on any atom is -0.214 e. The highest BCUT2D eigenvalue weighted by atomic mass is 35.5. The Morgan fingerprint density at radius 1 is 1.14 bits per heavy atom. The second kappa shape index (κ2) is 7.22. The average Bonchev–Trinajstić information content (AvgIpc) is 2.53. The van der Waals surface area contributed by atoms with Crippen molar-refractivity contribution in [2.45, 2.75) is 12.8 Å². The van der Waals surface area contributed by atoms with Crippen molar-refractivity contribution in [3.05, 3.63) is 59.9 Å². The molecule has 0 radical (unpaired) electrons. The molecule has 0 saturated heterocycles. The first-order valence-corrected chi connectivity index (χ1v) is 9.00. The molecule has 22 heavy (non-hydrogen) atoms. The van der Waals surface area contributed by atoms with E-state index < -0.39 is 15.2 Å². The number of hydrogen-bond donors (Lipinski definition) is 1. The Labute approximate surface area is 135 Å². The predicted molar refractivity (Wildman–Crippen MR) is 87.9 cm³/mol. The third kappa shape index (κ3) is 4.29. The SMILES string of the molecule is CC(CNS(=O)(=O)CCl)c1ccc(-c2ccccc2F)cc1. The Morgan fingerprint density at radius 3 is 2.36 bits per heavy atom. The molecule has 6 heteroatoms. The van der Waals surface area contributed by atoms with E-state index in [1.807, 2.05) is 31.2 Å². The van der Waals surface area contributed by atoms with Gasteiger partial charge in [0.25, 0.3) is 0 Å². The van der Waals surface area contributed by atoms with Crippen LogP contribution in [-0.4, -0.2) is 20.2 Å². The number of halogens is 2. The van der Waals surface area contributed by atoms with E-state index in [9.17, 15) is 12.8 Å². The average molecular weight is 342 g/mol. The Balaban J connectivity index is 2.10. The summed E-state index contributed by atoms with van der Waals surface area (Å²) in [5.41, 5.74) is 2.30. The van der Waals surface area contributed by atoms with Crippen LogP contribution in [0.1, 0.15) is 18.4 Å².